The fourth-order valence-corrected chi connectivity index (χ4v) is 1.17. The summed E-state index contributed by atoms with van der Waals surface area (Å²) in [5.41, 5.74) is 1.17. The Bertz CT molecular complexity index is 233. The summed E-state index contributed by atoms with van der Waals surface area (Å²) in [5, 5.41) is 0. The third-order valence-electron chi connectivity index (χ3n) is 1.76. The molecule has 1 unspecified atom stereocenters. The minimum atomic E-state index is 0.369. The first kappa shape index (κ1) is 8.98. The van der Waals surface area contributed by atoms with Crippen LogP contribution in [-0.2, 0) is 0 Å². The van der Waals surface area contributed by atoms with Crippen molar-refractivity contribution in [3.05, 3.63) is 37.0 Å². The molecule has 0 aliphatic heterocycles. The lowest BCUT2D eigenvalue weighted by Crippen LogP contribution is -2.03. The molecule has 0 aromatic rings. The number of nitrogens with zero attached hydrogens (tertiary/aromatic N) is 1. The Labute approximate surface area is 74.2 Å². The Morgan fingerprint density at radius 3 is 3.08 bits per heavy atom. The van der Waals surface area contributed by atoms with Crippen molar-refractivity contribution in [1.29, 1.82) is 0 Å². The normalized spacial score (nSPS) is 21.2. The fourth-order valence-electron chi connectivity index (χ4n) is 1.17. The standard InChI is InChI=1S/C11H15N/c1-3-7-10(2)12-11-8-5-4-6-9-11/h3-6,8,10H,1,7,9H2,2H3. The molecule has 0 heterocycles. The average molecular weight is 161 g/mol. The molecule has 0 fully saturated rings. The lowest BCUT2D eigenvalue weighted by Gasteiger charge is -2.06. The van der Waals surface area contributed by atoms with Crippen LogP contribution >= 0.6 is 0 Å². The molecule has 1 heteroatoms. The zero-order chi connectivity index (χ0) is 8.81. The number of hydrogen-bond donors (Lipinski definition) is 0. The van der Waals surface area contributed by atoms with Gasteiger partial charge in [0.2, 0.25) is 0 Å². The third kappa shape index (κ3) is 2.87. The van der Waals surface area contributed by atoms with Crippen LogP contribution in [0.4, 0.5) is 0 Å². The number of allylic oxidation sites excluding steroid dienone is 4. The number of aliphatic imine (C=N–C) groups is 1. The maximum atomic E-state index is 4.53. The third-order valence-corrected chi connectivity index (χ3v) is 1.76. The van der Waals surface area contributed by atoms with Crippen molar-refractivity contribution in [3.63, 3.8) is 0 Å². The van der Waals surface area contributed by atoms with Crippen LogP contribution in [0.25, 0.3) is 0 Å². The summed E-state index contributed by atoms with van der Waals surface area (Å²) in [5.74, 6) is 0. The van der Waals surface area contributed by atoms with Gasteiger partial charge in [0.25, 0.3) is 0 Å². The van der Waals surface area contributed by atoms with Crippen LogP contribution < -0.4 is 0 Å². The van der Waals surface area contributed by atoms with Crippen LogP contribution in [-0.4, -0.2) is 11.8 Å². The topological polar surface area (TPSA) is 12.4 Å². The van der Waals surface area contributed by atoms with Crippen LogP contribution in [0.15, 0.2) is 42.0 Å². The van der Waals surface area contributed by atoms with Crippen molar-refractivity contribution in [2.45, 2.75) is 25.8 Å². The largest absolute Gasteiger partial charge is 0.286 e. The Morgan fingerprint density at radius 1 is 1.67 bits per heavy atom. The van der Waals surface area contributed by atoms with Crippen molar-refractivity contribution < 1.29 is 0 Å². The summed E-state index contributed by atoms with van der Waals surface area (Å²) in [6.07, 6.45) is 12.1. The molecule has 1 atom stereocenters. The van der Waals surface area contributed by atoms with Gasteiger partial charge in [0.15, 0.2) is 0 Å². The summed E-state index contributed by atoms with van der Waals surface area (Å²) >= 11 is 0. The van der Waals surface area contributed by atoms with Gasteiger partial charge >= 0.3 is 0 Å². The molecule has 1 aliphatic rings. The van der Waals surface area contributed by atoms with Gasteiger partial charge in [-0.1, -0.05) is 24.3 Å². The quantitative estimate of drug-likeness (QED) is 0.564. The van der Waals surface area contributed by atoms with Crippen molar-refractivity contribution in [2.75, 3.05) is 0 Å². The van der Waals surface area contributed by atoms with Crippen LogP contribution in [0.2, 0.25) is 0 Å². The first-order chi connectivity index (χ1) is 5.83. The van der Waals surface area contributed by atoms with Crippen LogP contribution in [0.5, 0.6) is 0 Å². The van der Waals surface area contributed by atoms with E-state index in [0.717, 1.165) is 12.8 Å². The van der Waals surface area contributed by atoms with E-state index in [1.165, 1.54) is 5.71 Å². The SMILES string of the molecule is C=CCC(C)N=C1C=CC=CC1. The zero-order valence-corrected chi connectivity index (χ0v) is 7.53. The Balaban J connectivity index is 2.50. The predicted molar refractivity (Wildman–Crippen MR) is 54.6 cm³/mol. The van der Waals surface area contributed by atoms with E-state index in [2.05, 4.69) is 36.7 Å². The molecule has 0 bridgehead atoms. The highest BCUT2D eigenvalue weighted by Crippen LogP contribution is 2.04. The molecule has 64 valence electrons. The first-order valence-electron chi connectivity index (χ1n) is 4.33. The molecule has 0 aromatic heterocycles. The van der Waals surface area contributed by atoms with E-state index in [9.17, 15) is 0 Å². The molecule has 0 N–H and O–H groups in total. The van der Waals surface area contributed by atoms with E-state index >= 15 is 0 Å². The van der Waals surface area contributed by atoms with Gasteiger partial charge in [0, 0.05) is 12.1 Å². The summed E-state index contributed by atoms with van der Waals surface area (Å²) in [4.78, 5) is 4.53. The monoisotopic (exact) mass is 161 g/mol. The molecule has 0 spiro atoms. The van der Waals surface area contributed by atoms with E-state index in [0.29, 0.717) is 6.04 Å². The lowest BCUT2D eigenvalue weighted by molar-refractivity contribution is 0.759. The summed E-state index contributed by atoms with van der Waals surface area (Å²) in [7, 11) is 0. The Hall–Kier alpha value is -1.11. The highest BCUT2D eigenvalue weighted by molar-refractivity contribution is 5.97. The zero-order valence-electron chi connectivity index (χ0n) is 7.53. The fraction of sp³-hybridized carbons (Fsp3) is 0.364. The smallest absolute Gasteiger partial charge is 0.0509 e. The molecular weight excluding hydrogens is 146 g/mol. The summed E-state index contributed by atoms with van der Waals surface area (Å²) in [6.45, 7) is 5.80. The van der Waals surface area contributed by atoms with E-state index < -0.39 is 0 Å². The molecule has 1 rings (SSSR count). The van der Waals surface area contributed by atoms with Crippen molar-refractivity contribution in [1.82, 2.24) is 0 Å². The molecule has 0 radical (unpaired) electrons. The number of rotatable bonds is 3. The van der Waals surface area contributed by atoms with Crippen molar-refractivity contribution in [2.24, 2.45) is 4.99 Å². The maximum Gasteiger partial charge on any atom is 0.0509 e. The van der Waals surface area contributed by atoms with Gasteiger partial charge in [-0.05, 0) is 19.4 Å². The molecule has 12 heavy (non-hydrogen) atoms. The lowest BCUT2D eigenvalue weighted by atomic mass is 10.1. The summed E-state index contributed by atoms with van der Waals surface area (Å²) in [6, 6.07) is 0.369. The molecular formula is C11H15N. The molecule has 1 aliphatic carbocycles. The molecule has 1 nitrogen and oxygen atoms in total. The van der Waals surface area contributed by atoms with Gasteiger partial charge in [0.1, 0.15) is 0 Å². The minimum absolute atomic E-state index is 0.369. The van der Waals surface area contributed by atoms with Crippen LogP contribution in [0.1, 0.15) is 19.8 Å². The Morgan fingerprint density at radius 2 is 2.50 bits per heavy atom. The van der Waals surface area contributed by atoms with Gasteiger partial charge in [-0.25, -0.2) is 0 Å². The predicted octanol–water partition coefficient (Wildman–Crippen LogP) is 2.91. The minimum Gasteiger partial charge on any atom is -0.286 e. The van der Waals surface area contributed by atoms with Gasteiger partial charge in [-0.3, -0.25) is 4.99 Å². The van der Waals surface area contributed by atoms with E-state index in [-0.39, 0.29) is 0 Å². The second kappa shape index (κ2) is 4.70. The van der Waals surface area contributed by atoms with E-state index in [1.807, 2.05) is 12.2 Å². The second-order valence-corrected chi connectivity index (χ2v) is 2.99. The molecule has 0 aromatic carbocycles. The highest BCUT2D eigenvalue weighted by Gasteiger charge is 1.99. The van der Waals surface area contributed by atoms with E-state index in [4.69, 9.17) is 0 Å². The van der Waals surface area contributed by atoms with Crippen molar-refractivity contribution in [3.8, 4) is 0 Å². The van der Waals surface area contributed by atoms with Gasteiger partial charge in [-0.15, -0.1) is 6.58 Å². The average Bonchev–Trinajstić information content (AvgIpc) is 2.06. The van der Waals surface area contributed by atoms with Gasteiger partial charge < -0.3 is 0 Å². The highest BCUT2D eigenvalue weighted by atomic mass is 14.8. The molecule has 0 amide bonds. The van der Waals surface area contributed by atoms with Gasteiger partial charge in [0.05, 0.1) is 6.04 Å². The van der Waals surface area contributed by atoms with Crippen molar-refractivity contribution >= 4 is 5.71 Å². The number of hydrogen-bond acceptors (Lipinski definition) is 1. The van der Waals surface area contributed by atoms with E-state index in [1.54, 1.807) is 0 Å². The first-order valence-corrected chi connectivity index (χ1v) is 4.33. The summed E-state index contributed by atoms with van der Waals surface area (Å²) < 4.78 is 0. The second-order valence-electron chi connectivity index (χ2n) is 2.99. The van der Waals surface area contributed by atoms with Crippen LogP contribution in [0, 0.1) is 0 Å². The molecule has 0 saturated carbocycles. The van der Waals surface area contributed by atoms with Crippen LogP contribution in [0.3, 0.4) is 0 Å². The maximum absolute atomic E-state index is 4.53. The van der Waals surface area contributed by atoms with Gasteiger partial charge in [-0.2, -0.15) is 0 Å². The molecule has 0 saturated heterocycles. The Kier molecular flexibility index (Phi) is 3.52.